The highest BCUT2D eigenvalue weighted by Gasteiger charge is 2.24. The van der Waals surface area contributed by atoms with Crippen LogP contribution in [0.5, 0.6) is 0 Å². The third-order valence-electron chi connectivity index (χ3n) is 2.46. The highest BCUT2D eigenvalue weighted by Crippen LogP contribution is 2.31. The van der Waals surface area contributed by atoms with Gasteiger partial charge in [-0.2, -0.15) is 0 Å². The van der Waals surface area contributed by atoms with E-state index in [1.807, 2.05) is 19.1 Å². The van der Waals surface area contributed by atoms with Crippen LogP contribution in [0.15, 0.2) is 24.3 Å². The molecule has 0 radical (unpaired) electrons. The number of rotatable bonds is 3. The van der Waals surface area contributed by atoms with E-state index in [9.17, 15) is 0 Å². The minimum Gasteiger partial charge on any atom is -0.396 e. The van der Waals surface area contributed by atoms with E-state index in [1.54, 1.807) is 0 Å². The number of aliphatic hydroxyl groups excluding tert-OH is 1. The van der Waals surface area contributed by atoms with E-state index >= 15 is 0 Å². The monoisotopic (exact) mass is 178 g/mol. The van der Waals surface area contributed by atoms with Crippen LogP contribution in [0.1, 0.15) is 30.1 Å². The van der Waals surface area contributed by atoms with E-state index < -0.39 is 0 Å². The second-order valence-electron chi connectivity index (χ2n) is 3.58. The van der Waals surface area contributed by atoms with E-state index in [1.165, 1.54) is 11.1 Å². The summed E-state index contributed by atoms with van der Waals surface area (Å²) >= 11 is 0. The summed E-state index contributed by atoms with van der Waals surface area (Å²) in [6.45, 7) is 3.07. The Morgan fingerprint density at radius 2 is 2.38 bits per heavy atom. The Labute approximate surface area is 78.2 Å². The van der Waals surface area contributed by atoms with Gasteiger partial charge < -0.3 is 9.84 Å². The molecule has 2 unspecified atom stereocenters. The second kappa shape index (κ2) is 3.48. The molecular formula is C11H14O2. The molecule has 2 rings (SSSR count). The summed E-state index contributed by atoms with van der Waals surface area (Å²) in [5.74, 6) is 0.221. The van der Waals surface area contributed by atoms with Crippen LogP contribution in [-0.2, 0) is 4.74 Å². The number of hydrogen-bond acceptors (Lipinski definition) is 2. The highest BCUT2D eigenvalue weighted by atomic mass is 16.6. The zero-order chi connectivity index (χ0) is 9.26. The zero-order valence-corrected chi connectivity index (χ0v) is 7.73. The maximum Gasteiger partial charge on any atom is 0.106 e. The first-order chi connectivity index (χ1) is 6.31. The predicted molar refractivity (Wildman–Crippen MR) is 50.6 cm³/mol. The first-order valence-electron chi connectivity index (χ1n) is 4.63. The van der Waals surface area contributed by atoms with Crippen molar-refractivity contribution in [3.05, 3.63) is 35.4 Å². The summed E-state index contributed by atoms with van der Waals surface area (Å²) in [5, 5.41) is 9.00. The molecule has 1 aromatic rings. The van der Waals surface area contributed by atoms with Crippen LogP contribution in [0, 0.1) is 0 Å². The molecule has 0 bridgehead atoms. The van der Waals surface area contributed by atoms with Crippen molar-refractivity contribution in [2.24, 2.45) is 0 Å². The lowest BCUT2D eigenvalue weighted by atomic mass is 9.99. The Hall–Kier alpha value is -0.860. The third-order valence-corrected chi connectivity index (χ3v) is 2.46. The van der Waals surface area contributed by atoms with Gasteiger partial charge >= 0.3 is 0 Å². The predicted octanol–water partition coefficient (Wildman–Crippen LogP) is 1.85. The molecule has 0 spiro atoms. The molecule has 1 aliphatic heterocycles. The largest absolute Gasteiger partial charge is 0.396 e. The number of ether oxygens (including phenoxy) is 1. The number of epoxide rings is 1. The topological polar surface area (TPSA) is 32.8 Å². The first-order valence-corrected chi connectivity index (χ1v) is 4.63. The fourth-order valence-electron chi connectivity index (χ4n) is 1.41. The van der Waals surface area contributed by atoms with Gasteiger partial charge in [0.1, 0.15) is 6.10 Å². The van der Waals surface area contributed by atoms with Crippen LogP contribution < -0.4 is 0 Å². The summed E-state index contributed by atoms with van der Waals surface area (Å²) in [4.78, 5) is 0. The Kier molecular flexibility index (Phi) is 2.34. The van der Waals surface area contributed by atoms with E-state index in [-0.39, 0.29) is 12.5 Å². The Bertz CT molecular complexity index is 292. The van der Waals surface area contributed by atoms with Crippen LogP contribution in [0.4, 0.5) is 0 Å². The van der Waals surface area contributed by atoms with Crippen LogP contribution in [0.2, 0.25) is 0 Å². The molecule has 1 aliphatic rings. The minimum absolute atomic E-state index is 0.203. The molecule has 0 aliphatic carbocycles. The summed E-state index contributed by atoms with van der Waals surface area (Å²) in [6.07, 6.45) is 0.311. The van der Waals surface area contributed by atoms with E-state index in [4.69, 9.17) is 9.84 Å². The summed E-state index contributed by atoms with van der Waals surface area (Å²) in [6, 6.07) is 8.27. The zero-order valence-electron chi connectivity index (χ0n) is 7.73. The van der Waals surface area contributed by atoms with Crippen molar-refractivity contribution in [1.29, 1.82) is 0 Å². The van der Waals surface area contributed by atoms with Crippen molar-refractivity contribution < 1.29 is 9.84 Å². The maximum absolute atomic E-state index is 9.00. The normalized spacial score (nSPS) is 22.8. The molecule has 0 aromatic heterocycles. The fourth-order valence-corrected chi connectivity index (χ4v) is 1.41. The van der Waals surface area contributed by atoms with Crippen molar-refractivity contribution in [3.8, 4) is 0 Å². The average Bonchev–Trinajstić information content (AvgIpc) is 3.00. The molecule has 1 fully saturated rings. The van der Waals surface area contributed by atoms with Gasteiger partial charge in [-0.05, 0) is 11.1 Å². The van der Waals surface area contributed by atoms with Crippen LogP contribution in [0.25, 0.3) is 0 Å². The van der Waals surface area contributed by atoms with E-state index in [2.05, 4.69) is 12.1 Å². The fraction of sp³-hybridized carbons (Fsp3) is 0.455. The Balaban J connectivity index is 2.21. The molecule has 1 saturated heterocycles. The van der Waals surface area contributed by atoms with Crippen LogP contribution >= 0.6 is 0 Å². The van der Waals surface area contributed by atoms with Gasteiger partial charge in [0, 0.05) is 12.5 Å². The van der Waals surface area contributed by atoms with Gasteiger partial charge in [-0.3, -0.25) is 0 Å². The second-order valence-corrected chi connectivity index (χ2v) is 3.58. The molecule has 2 nitrogen and oxygen atoms in total. The SMILES string of the molecule is CC(CO)c1cccc(C2CO2)c1. The van der Waals surface area contributed by atoms with Crippen LogP contribution in [-0.4, -0.2) is 18.3 Å². The highest BCUT2D eigenvalue weighted by molar-refractivity contribution is 5.29. The molecule has 1 heterocycles. The Morgan fingerprint density at radius 3 is 3.00 bits per heavy atom. The van der Waals surface area contributed by atoms with Gasteiger partial charge in [-0.15, -0.1) is 0 Å². The quantitative estimate of drug-likeness (QED) is 0.716. The summed E-state index contributed by atoms with van der Waals surface area (Å²) in [7, 11) is 0. The maximum atomic E-state index is 9.00. The number of benzene rings is 1. The molecule has 70 valence electrons. The lowest BCUT2D eigenvalue weighted by molar-refractivity contribution is 0.273. The minimum atomic E-state index is 0.203. The van der Waals surface area contributed by atoms with Crippen molar-refractivity contribution in [1.82, 2.24) is 0 Å². The van der Waals surface area contributed by atoms with Crippen molar-refractivity contribution >= 4 is 0 Å². The number of hydrogen-bond donors (Lipinski definition) is 1. The summed E-state index contributed by atoms with van der Waals surface area (Å²) < 4.78 is 5.20. The molecule has 0 saturated carbocycles. The summed E-state index contributed by atoms with van der Waals surface area (Å²) in [5.41, 5.74) is 2.42. The smallest absolute Gasteiger partial charge is 0.106 e. The number of aliphatic hydroxyl groups is 1. The van der Waals surface area contributed by atoms with Crippen molar-refractivity contribution in [3.63, 3.8) is 0 Å². The van der Waals surface area contributed by atoms with Gasteiger partial charge in [-0.1, -0.05) is 31.2 Å². The van der Waals surface area contributed by atoms with Crippen LogP contribution in [0.3, 0.4) is 0 Å². The molecule has 0 amide bonds. The molecular weight excluding hydrogens is 164 g/mol. The van der Waals surface area contributed by atoms with Crippen molar-refractivity contribution in [2.45, 2.75) is 18.9 Å². The first kappa shape index (κ1) is 8.73. The molecule has 2 atom stereocenters. The van der Waals surface area contributed by atoms with Gasteiger partial charge in [0.05, 0.1) is 6.61 Å². The molecule has 2 heteroatoms. The molecule has 1 N–H and O–H groups in total. The van der Waals surface area contributed by atoms with Gasteiger partial charge in [-0.25, -0.2) is 0 Å². The average molecular weight is 178 g/mol. The lowest BCUT2D eigenvalue weighted by Crippen LogP contribution is -1.99. The lowest BCUT2D eigenvalue weighted by Gasteiger charge is -2.08. The van der Waals surface area contributed by atoms with Crippen molar-refractivity contribution in [2.75, 3.05) is 13.2 Å². The van der Waals surface area contributed by atoms with E-state index in [0.29, 0.717) is 6.10 Å². The third kappa shape index (κ3) is 1.90. The standard InChI is InChI=1S/C11H14O2/c1-8(6-12)9-3-2-4-10(5-9)11-7-13-11/h2-5,8,11-12H,6-7H2,1H3. The van der Waals surface area contributed by atoms with Gasteiger partial charge in [0.15, 0.2) is 0 Å². The van der Waals surface area contributed by atoms with E-state index in [0.717, 1.165) is 6.61 Å². The molecule has 1 aromatic carbocycles. The van der Waals surface area contributed by atoms with Gasteiger partial charge in [0.2, 0.25) is 0 Å². The van der Waals surface area contributed by atoms with Gasteiger partial charge in [0.25, 0.3) is 0 Å². The molecule has 13 heavy (non-hydrogen) atoms. The Morgan fingerprint density at radius 1 is 1.62 bits per heavy atom.